The van der Waals surface area contributed by atoms with E-state index in [1.165, 1.54) is 33.4 Å². The average molecular weight is 444 g/mol. The first kappa shape index (κ1) is 21.6. The van der Waals surface area contributed by atoms with Crippen molar-refractivity contribution in [2.45, 2.75) is 13.8 Å². The lowest BCUT2D eigenvalue weighted by atomic mass is 9.92. The van der Waals surface area contributed by atoms with Crippen LogP contribution in [-0.2, 0) is 7.05 Å². The minimum Gasteiger partial charge on any atom is -0.439 e. The first-order valence-electron chi connectivity index (χ1n) is 11.4. The summed E-state index contributed by atoms with van der Waals surface area (Å²) < 4.78 is 8.11. The third-order valence-electron chi connectivity index (χ3n) is 6.05. The second-order valence-corrected chi connectivity index (χ2v) is 8.56. The lowest BCUT2D eigenvalue weighted by Crippen LogP contribution is -2.30. The summed E-state index contributed by atoms with van der Waals surface area (Å²) in [4.78, 5) is 4.25. The van der Waals surface area contributed by atoms with Gasteiger partial charge in [0.15, 0.2) is 6.20 Å². The Balaban J connectivity index is 1.46. The smallest absolute Gasteiger partial charge is 0.219 e. The van der Waals surface area contributed by atoms with Crippen molar-refractivity contribution in [1.82, 2.24) is 4.98 Å². The molecule has 0 atom stereocenters. The molecular formula is C31H27N2O+. The van der Waals surface area contributed by atoms with Crippen LogP contribution in [0.2, 0.25) is 0 Å². The SMILES string of the molecule is Cc1cc(-c2ccccc2)cc(C)c1-c1ccc(-c2cccc(Oc3ccccn3)c2)[n+](C)c1. The Morgan fingerprint density at radius 1 is 0.647 bits per heavy atom. The first-order chi connectivity index (χ1) is 16.6. The van der Waals surface area contributed by atoms with E-state index in [9.17, 15) is 0 Å². The number of hydrogen-bond acceptors (Lipinski definition) is 2. The Morgan fingerprint density at radius 3 is 2.09 bits per heavy atom. The Kier molecular flexibility index (Phi) is 5.92. The van der Waals surface area contributed by atoms with Gasteiger partial charge in [-0.2, -0.15) is 0 Å². The fourth-order valence-electron chi connectivity index (χ4n) is 4.52. The summed E-state index contributed by atoms with van der Waals surface area (Å²) >= 11 is 0. The van der Waals surface area contributed by atoms with Crippen LogP contribution in [0.5, 0.6) is 11.6 Å². The molecule has 3 aromatic carbocycles. The maximum absolute atomic E-state index is 5.93. The summed E-state index contributed by atoms with van der Waals surface area (Å²) in [7, 11) is 2.09. The molecule has 0 saturated heterocycles. The maximum Gasteiger partial charge on any atom is 0.219 e. The Hall–Kier alpha value is -4.24. The molecule has 0 saturated carbocycles. The van der Waals surface area contributed by atoms with Gasteiger partial charge in [0.1, 0.15) is 12.8 Å². The molecule has 0 aliphatic heterocycles. The van der Waals surface area contributed by atoms with Gasteiger partial charge in [-0.15, -0.1) is 0 Å². The monoisotopic (exact) mass is 443 g/mol. The van der Waals surface area contributed by atoms with Gasteiger partial charge in [-0.25, -0.2) is 9.55 Å². The quantitative estimate of drug-likeness (QED) is 0.266. The molecule has 2 aromatic heterocycles. The second kappa shape index (κ2) is 9.32. The predicted molar refractivity (Wildman–Crippen MR) is 138 cm³/mol. The number of ether oxygens (including phenoxy) is 1. The van der Waals surface area contributed by atoms with Crippen molar-refractivity contribution in [3.05, 3.63) is 121 Å². The van der Waals surface area contributed by atoms with E-state index in [0.29, 0.717) is 5.88 Å². The molecule has 0 unspecified atom stereocenters. The Bertz CT molecular complexity index is 1420. The molecule has 0 aliphatic carbocycles. The fourth-order valence-corrected chi connectivity index (χ4v) is 4.52. The summed E-state index contributed by atoms with van der Waals surface area (Å²) in [6, 6.07) is 33.3. The minimum absolute atomic E-state index is 0.587. The van der Waals surface area contributed by atoms with Gasteiger partial charge in [0.2, 0.25) is 11.6 Å². The van der Waals surface area contributed by atoms with Crippen molar-refractivity contribution >= 4 is 0 Å². The van der Waals surface area contributed by atoms with Crippen LogP contribution >= 0.6 is 0 Å². The molecule has 5 rings (SSSR count). The topological polar surface area (TPSA) is 26.0 Å². The van der Waals surface area contributed by atoms with Gasteiger partial charge in [0.05, 0.1) is 0 Å². The van der Waals surface area contributed by atoms with Crippen molar-refractivity contribution in [2.75, 3.05) is 0 Å². The van der Waals surface area contributed by atoms with Crippen molar-refractivity contribution in [3.63, 3.8) is 0 Å². The third kappa shape index (κ3) is 4.46. The molecule has 0 N–H and O–H groups in total. The van der Waals surface area contributed by atoms with Gasteiger partial charge < -0.3 is 4.74 Å². The van der Waals surface area contributed by atoms with E-state index < -0.39 is 0 Å². The minimum atomic E-state index is 0.587. The van der Waals surface area contributed by atoms with E-state index in [1.54, 1.807) is 6.20 Å². The molecule has 0 fully saturated rings. The van der Waals surface area contributed by atoms with Gasteiger partial charge in [-0.1, -0.05) is 54.6 Å². The van der Waals surface area contributed by atoms with Crippen LogP contribution in [-0.4, -0.2) is 4.98 Å². The zero-order chi connectivity index (χ0) is 23.5. The highest BCUT2D eigenvalue weighted by Gasteiger charge is 2.16. The predicted octanol–water partition coefficient (Wildman–Crippen LogP) is 7.32. The molecule has 0 bridgehead atoms. The Labute approximate surface area is 201 Å². The summed E-state index contributed by atoms with van der Waals surface area (Å²) in [5.41, 5.74) is 9.76. The summed E-state index contributed by atoms with van der Waals surface area (Å²) in [5, 5.41) is 0. The lowest BCUT2D eigenvalue weighted by Gasteiger charge is -2.13. The van der Waals surface area contributed by atoms with E-state index in [2.05, 4.69) is 103 Å². The molecule has 0 aliphatic rings. The molecule has 0 spiro atoms. The molecular weight excluding hydrogens is 416 g/mol. The number of pyridine rings is 2. The molecule has 5 aromatic rings. The highest BCUT2D eigenvalue weighted by Crippen LogP contribution is 2.32. The van der Waals surface area contributed by atoms with Crippen LogP contribution in [0.3, 0.4) is 0 Å². The van der Waals surface area contributed by atoms with Gasteiger partial charge in [0, 0.05) is 29.5 Å². The van der Waals surface area contributed by atoms with Crippen molar-refractivity contribution in [2.24, 2.45) is 7.05 Å². The number of nitrogens with zero attached hydrogens (tertiary/aromatic N) is 2. The standard InChI is InChI=1S/C31H27N2O/c1-22-18-27(24-10-5-4-6-11-24)19-23(2)31(22)26-15-16-29(33(3)21-26)25-12-9-13-28(20-25)34-30-14-7-8-17-32-30/h4-21H,1-3H3/q+1. The van der Waals surface area contributed by atoms with Crippen LogP contribution in [0.15, 0.2) is 109 Å². The van der Waals surface area contributed by atoms with E-state index in [-0.39, 0.29) is 0 Å². The summed E-state index contributed by atoms with van der Waals surface area (Å²) in [5.74, 6) is 1.35. The number of aryl methyl sites for hydroxylation is 3. The highest BCUT2D eigenvalue weighted by molar-refractivity contribution is 5.76. The molecule has 0 radical (unpaired) electrons. The number of benzene rings is 3. The Morgan fingerprint density at radius 2 is 1.38 bits per heavy atom. The van der Waals surface area contributed by atoms with Crippen LogP contribution in [0.25, 0.3) is 33.5 Å². The van der Waals surface area contributed by atoms with Gasteiger partial charge in [-0.3, -0.25) is 0 Å². The average Bonchev–Trinajstić information content (AvgIpc) is 2.85. The molecule has 0 amide bonds. The van der Waals surface area contributed by atoms with Crippen molar-refractivity contribution in [3.8, 4) is 45.1 Å². The fraction of sp³-hybridized carbons (Fsp3) is 0.0968. The molecule has 3 heteroatoms. The summed E-state index contributed by atoms with van der Waals surface area (Å²) in [6.07, 6.45) is 3.94. The zero-order valence-electron chi connectivity index (χ0n) is 19.7. The van der Waals surface area contributed by atoms with Crippen molar-refractivity contribution in [1.29, 1.82) is 0 Å². The van der Waals surface area contributed by atoms with E-state index >= 15 is 0 Å². The van der Waals surface area contributed by atoms with Crippen LogP contribution in [0.4, 0.5) is 0 Å². The number of hydrogen-bond donors (Lipinski definition) is 0. The first-order valence-corrected chi connectivity index (χ1v) is 11.4. The van der Waals surface area contributed by atoms with Crippen molar-refractivity contribution < 1.29 is 9.30 Å². The largest absolute Gasteiger partial charge is 0.439 e. The number of rotatable bonds is 5. The van der Waals surface area contributed by atoms with Gasteiger partial charge in [-0.05, 0) is 72.0 Å². The van der Waals surface area contributed by atoms with E-state index in [1.807, 2.05) is 30.3 Å². The second-order valence-electron chi connectivity index (χ2n) is 8.56. The molecule has 166 valence electrons. The molecule has 2 heterocycles. The summed E-state index contributed by atoms with van der Waals surface area (Å²) in [6.45, 7) is 4.39. The highest BCUT2D eigenvalue weighted by atomic mass is 16.5. The van der Waals surface area contributed by atoms with E-state index in [0.717, 1.165) is 17.0 Å². The van der Waals surface area contributed by atoms with Crippen LogP contribution in [0.1, 0.15) is 11.1 Å². The zero-order valence-corrected chi connectivity index (χ0v) is 19.7. The van der Waals surface area contributed by atoms with Crippen LogP contribution < -0.4 is 9.30 Å². The van der Waals surface area contributed by atoms with Gasteiger partial charge in [0.25, 0.3) is 0 Å². The molecule has 3 nitrogen and oxygen atoms in total. The normalized spacial score (nSPS) is 10.8. The third-order valence-corrected chi connectivity index (χ3v) is 6.05. The molecule has 34 heavy (non-hydrogen) atoms. The van der Waals surface area contributed by atoms with Gasteiger partial charge >= 0.3 is 0 Å². The van der Waals surface area contributed by atoms with E-state index in [4.69, 9.17) is 4.74 Å². The van der Waals surface area contributed by atoms with Crippen LogP contribution in [0, 0.1) is 13.8 Å². The lowest BCUT2D eigenvalue weighted by molar-refractivity contribution is -0.659. The number of aromatic nitrogens is 2. The maximum atomic E-state index is 5.93.